The predicted molar refractivity (Wildman–Crippen MR) is 75.2 cm³/mol. The molecule has 0 saturated heterocycles. The van der Waals surface area contributed by atoms with Crippen molar-refractivity contribution in [2.24, 2.45) is 0 Å². The molecule has 0 unspecified atom stereocenters. The maximum Gasteiger partial charge on any atom is 0.358 e. The van der Waals surface area contributed by atoms with Gasteiger partial charge in [-0.3, -0.25) is 0 Å². The van der Waals surface area contributed by atoms with E-state index >= 15 is 0 Å². The molecule has 0 atom stereocenters. The summed E-state index contributed by atoms with van der Waals surface area (Å²) in [6.07, 6.45) is 0. The van der Waals surface area contributed by atoms with Crippen LogP contribution < -0.4 is 0 Å². The first-order chi connectivity index (χ1) is 9.43. The van der Waals surface area contributed by atoms with E-state index in [0.717, 1.165) is 5.56 Å². The van der Waals surface area contributed by atoms with Gasteiger partial charge in [0.2, 0.25) is 0 Å². The molecule has 106 valence electrons. The van der Waals surface area contributed by atoms with E-state index in [1.807, 2.05) is 30.3 Å². The second-order valence-electron chi connectivity index (χ2n) is 4.95. The van der Waals surface area contributed by atoms with Gasteiger partial charge in [-0.25, -0.2) is 9.78 Å². The highest BCUT2D eigenvalue weighted by molar-refractivity contribution is 5.89. The third kappa shape index (κ3) is 2.88. The highest BCUT2D eigenvalue weighted by Gasteiger charge is 2.29. The first kappa shape index (κ1) is 14.3. The van der Waals surface area contributed by atoms with Gasteiger partial charge in [0.1, 0.15) is 11.4 Å². The fourth-order valence-electron chi connectivity index (χ4n) is 1.90. The van der Waals surface area contributed by atoms with Crippen molar-refractivity contribution in [3.05, 3.63) is 41.7 Å². The summed E-state index contributed by atoms with van der Waals surface area (Å²) in [5.41, 5.74) is 0.115. The van der Waals surface area contributed by atoms with Crippen LogP contribution in [0.3, 0.4) is 0 Å². The maximum absolute atomic E-state index is 11.9. The van der Waals surface area contributed by atoms with Crippen LogP contribution in [0.15, 0.2) is 30.3 Å². The lowest BCUT2D eigenvalue weighted by molar-refractivity contribution is 0.0476. The number of nitrogens with zero attached hydrogens (tertiary/aromatic N) is 1. The molecule has 0 bridgehead atoms. The smallest absolute Gasteiger partial charge is 0.358 e. The van der Waals surface area contributed by atoms with Crippen LogP contribution in [-0.4, -0.2) is 27.7 Å². The number of hydrogen-bond donors (Lipinski definition) is 2. The van der Waals surface area contributed by atoms with Crippen LogP contribution in [0, 0.1) is 0 Å². The number of benzene rings is 1. The average Bonchev–Trinajstić information content (AvgIpc) is 2.85. The minimum atomic E-state index is -1.21. The number of aliphatic hydroxyl groups is 1. The van der Waals surface area contributed by atoms with Crippen molar-refractivity contribution in [3.8, 4) is 11.4 Å². The van der Waals surface area contributed by atoms with Gasteiger partial charge in [0, 0.05) is 5.56 Å². The lowest BCUT2D eigenvalue weighted by Gasteiger charge is -2.16. The fraction of sp³-hybridized carbons (Fsp3) is 0.333. The topological polar surface area (TPSA) is 75.2 Å². The molecule has 0 aliphatic heterocycles. The number of imidazole rings is 1. The first-order valence-electron chi connectivity index (χ1n) is 6.49. The Hall–Kier alpha value is -2.14. The van der Waals surface area contributed by atoms with Gasteiger partial charge in [0.25, 0.3) is 0 Å². The maximum atomic E-state index is 11.9. The Morgan fingerprint density at radius 1 is 1.35 bits per heavy atom. The van der Waals surface area contributed by atoms with Gasteiger partial charge in [-0.05, 0) is 20.8 Å². The predicted octanol–water partition coefficient (Wildman–Crippen LogP) is 2.48. The first-order valence-corrected chi connectivity index (χ1v) is 6.49. The number of nitrogens with one attached hydrogen (secondary N) is 1. The van der Waals surface area contributed by atoms with Gasteiger partial charge in [0.15, 0.2) is 5.69 Å². The summed E-state index contributed by atoms with van der Waals surface area (Å²) in [5, 5.41) is 10.2. The third-order valence-electron chi connectivity index (χ3n) is 2.83. The Kier molecular flexibility index (Phi) is 3.90. The molecule has 0 saturated carbocycles. The molecule has 20 heavy (non-hydrogen) atoms. The summed E-state index contributed by atoms with van der Waals surface area (Å²) < 4.78 is 4.98. The largest absolute Gasteiger partial charge is 0.461 e. The molecule has 0 amide bonds. The second-order valence-corrected chi connectivity index (χ2v) is 4.95. The number of aromatic nitrogens is 2. The zero-order chi connectivity index (χ0) is 14.8. The summed E-state index contributed by atoms with van der Waals surface area (Å²) >= 11 is 0. The number of hydrogen-bond acceptors (Lipinski definition) is 4. The third-order valence-corrected chi connectivity index (χ3v) is 2.83. The number of esters is 1. The van der Waals surface area contributed by atoms with Crippen LogP contribution in [0.5, 0.6) is 0 Å². The fourth-order valence-corrected chi connectivity index (χ4v) is 1.90. The lowest BCUT2D eigenvalue weighted by Crippen LogP contribution is -2.21. The van der Waals surface area contributed by atoms with Crippen LogP contribution in [0.25, 0.3) is 11.4 Å². The zero-order valence-corrected chi connectivity index (χ0v) is 11.8. The molecular formula is C15H18N2O3. The molecule has 0 aliphatic rings. The highest BCUT2D eigenvalue weighted by Crippen LogP contribution is 2.26. The molecule has 5 nitrogen and oxygen atoms in total. The zero-order valence-electron chi connectivity index (χ0n) is 11.8. The standard InChI is InChI=1S/C15H18N2O3/c1-4-20-14(18)11-12(15(2,3)19)17-13(16-11)10-8-6-5-7-9-10/h5-9,19H,4H2,1-3H3,(H,16,17). The molecule has 1 heterocycles. The molecule has 0 radical (unpaired) electrons. The Morgan fingerprint density at radius 3 is 2.55 bits per heavy atom. The van der Waals surface area contributed by atoms with Gasteiger partial charge < -0.3 is 14.8 Å². The normalized spacial score (nSPS) is 11.4. The summed E-state index contributed by atoms with van der Waals surface area (Å²) in [7, 11) is 0. The monoisotopic (exact) mass is 274 g/mol. The number of carbonyl (C=O) groups excluding carboxylic acids is 1. The Morgan fingerprint density at radius 2 is 2.00 bits per heavy atom. The van der Waals surface area contributed by atoms with Crippen LogP contribution in [-0.2, 0) is 10.3 Å². The van der Waals surface area contributed by atoms with Crippen LogP contribution >= 0.6 is 0 Å². The van der Waals surface area contributed by atoms with E-state index in [1.54, 1.807) is 20.8 Å². The molecule has 0 spiro atoms. The Bertz CT molecular complexity index is 597. The van der Waals surface area contributed by atoms with Gasteiger partial charge in [-0.2, -0.15) is 0 Å². The minimum Gasteiger partial charge on any atom is -0.461 e. The SMILES string of the molecule is CCOC(=O)c1nc(-c2ccccc2)[nH]c1C(C)(C)O. The molecule has 2 rings (SSSR count). The average molecular weight is 274 g/mol. The molecule has 2 aromatic rings. The summed E-state index contributed by atoms with van der Waals surface area (Å²) in [6.45, 7) is 5.18. The summed E-state index contributed by atoms with van der Waals surface area (Å²) in [6, 6.07) is 9.41. The molecule has 2 N–H and O–H groups in total. The van der Waals surface area contributed by atoms with E-state index in [-0.39, 0.29) is 12.3 Å². The lowest BCUT2D eigenvalue weighted by atomic mass is 10.0. The van der Waals surface area contributed by atoms with E-state index in [2.05, 4.69) is 9.97 Å². The number of H-pyrrole nitrogens is 1. The summed E-state index contributed by atoms with van der Waals surface area (Å²) in [4.78, 5) is 19.2. The van der Waals surface area contributed by atoms with Crippen molar-refractivity contribution in [2.45, 2.75) is 26.4 Å². The quantitative estimate of drug-likeness (QED) is 0.840. The number of ether oxygens (including phenoxy) is 1. The second kappa shape index (κ2) is 5.46. The van der Waals surface area contributed by atoms with Crippen molar-refractivity contribution < 1.29 is 14.6 Å². The molecule has 1 aromatic heterocycles. The Labute approximate surface area is 117 Å². The van der Waals surface area contributed by atoms with E-state index in [1.165, 1.54) is 0 Å². The Balaban J connectivity index is 2.50. The van der Waals surface area contributed by atoms with Gasteiger partial charge in [-0.15, -0.1) is 0 Å². The van der Waals surface area contributed by atoms with Crippen molar-refractivity contribution >= 4 is 5.97 Å². The number of aromatic amines is 1. The van der Waals surface area contributed by atoms with Crippen molar-refractivity contribution in [1.29, 1.82) is 0 Å². The van der Waals surface area contributed by atoms with Gasteiger partial charge >= 0.3 is 5.97 Å². The van der Waals surface area contributed by atoms with Crippen molar-refractivity contribution in [3.63, 3.8) is 0 Å². The molecular weight excluding hydrogens is 256 g/mol. The van der Waals surface area contributed by atoms with E-state index in [9.17, 15) is 9.90 Å². The van der Waals surface area contributed by atoms with Gasteiger partial charge in [0.05, 0.1) is 12.3 Å². The van der Waals surface area contributed by atoms with Crippen molar-refractivity contribution in [2.75, 3.05) is 6.61 Å². The molecule has 1 aromatic carbocycles. The number of rotatable bonds is 4. The van der Waals surface area contributed by atoms with E-state index < -0.39 is 11.6 Å². The summed E-state index contributed by atoms with van der Waals surface area (Å²) in [5.74, 6) is -0.00571. The van der Waals surface area contributed by atoms with E-state index in [0.29, 0.717) is 11.5 Å². The van der Waals surface area contributed by atoms with Crippen LogP contribution in [0.4, 0.5) is 0 Å². The van der Waals surface area contributed by atoms with Gasteiger partial charge in [-0.1, -0.05) is 30.3 Å². The molecule has 0 fully saturated rings. The van der Waals surface area contributed by atoms with Crippen LogP contribution in [0.1, 0.15) is 37.0 Å². The van der Waals surface area contributed by atoms with E-state index in [4.69, 9.17) is 4.74 Å². The number of carbonyl (C=O) groups is 1. The van der Waals surface area contributed by atoms with Crippen molar-refractivity contribution in [1.82, 2.24) is 9.97 Å². The minimum absolute atomic E-state index is 0.123. The molecule has 5 heteroatoms. The molecule has 0 aliphatic carbocycles. The highest BCUT2D eigenvalue weighted by atomic mass is 16.5. The van der Waals surface area contributed by atoms with Crippen LogP contribution in [0.2, 0.25) is 0 Å².